The molecule has 0 aromatic heterocycles. The molecule has 1 rings (SSSR count). The molecule has 0 atom stereocenters. The van der Waals surface area contributed by atoms with Crippen LogP contribution in [-0.4, -0.2) is 5.91 Å². The molecule has 1 amide bonds. The van der Waals surface area contributed by atoms with Crippen LogP contribution in [0.5, 0.6) is 0 Å². The summed E-state index contributed by atoms with van der Waals surface area (Å²) in [6, 6.07) is 0. The van der Waals surface area contributed by atoms with Crippen LogP contribution in [0.4, 0.5) is 0 Å². The van der Waals surface area contributed by atoms with Crippen molar-refractivity contribution < 1.29 is 4.79 Å². The molecule has 0 heterocycles. The van der Waals surface area contributed by atoms with Crippen molar-refractivity contribution in [1.82, 2.24) is 0 Å². The largest absolute Gasteiger partial charge is 0.370 e. The van der Waals surface area contributed by atoms with Gasteiger partial charge in [-0.25, -0.2) is 0 Å². The summed E-state index contributed by atoms with van der Waals surface area (Å²) >= 11 is 0. The number of primary amides is 1. The van der Waals surface area contributed by atoms with Crippen molar-refractivity contribution in [3.63, 3.8) is 0 Å². The second-order valence-electron chi connectivity index (χ2n) is 3.80. The molecule has 0 aromatic carbocycles. The maximum absolute atomic E-state index is 10.6. The van der Waals surface area contributed by atoms with E-state index >= 15 is 0 Å². The topological polar surface area (TPSA) is 43.1 Å². The lowest BCUT2D eigenvalue weighted by atomic mass is 9.81. The predicted octanol–water partition coefficient (Wildman–Crippen LogP) is 2.11. The molecule has 2 nitrogen and oxygen atoms in total. The zero-order valence-electron chi connectivity index (χ0n) is 7.58. The van der Waals surface area contributed by atoms with Crippen LogP contribution < -0.4 is 5.73 Å². The van der Waals surface area contributed by atoms with E-state index in [2.05, 4.69) is 6.92 Å². The van der Waals surface area contributed by atoms with Gasteiger partial charge in [0.15, 0.2) is 0 Å². The van der Waals surface area contributed by atoms with Crippen LogP contribution in [0.1, 0.15) is 39.0 Å². The zero-order chi connectivity index (χ0) is 8.27. The number of nitrogens with two attached hydrogens (primary N) is 1. The molecule has 1 fully saturated rings. The molecule has 0 spiro atoms. The highest BCUT2D eigenvalue weighted by atomic mass is 35.5. The maximum Gasteiger partial charge on any atom is 0.217 e. The van der Waals surface area contributed by atoms with Gasteiger partial charge in [0.25, 0.3) is 0 Å². The molecular weight excluding hydrogens is 174 g/mol. The standard InChI is InChI=1S/C9H17NO.ClH/c1-7-2-4-8(5-3-7)6-9(10)11;/h7-8H,2-6H2,1H3,(H2,10,11);1H/t7-,8-;. The first-order chi connectivity index (χ1) is 5.18. The summed E-state index contributed by atoms with van der Waals surface area (Å²) in [4.78, 5) is 10.6. The Bertz CT molecular complexity index is 141. The summed E-state index contributed by atoms with van der Waals surface area (Å²) in [5.41, 5.74) is 5.12. The number of carbonyl (C=O) groups is 1. The van der Waals surface area contributed by atoms with E-state index in [0.29, 0.717) is 12.3 Å². The van der Waals surface area contributed by atoms with Gasteiger partial charge < -0.3 is 5.73 Å². The number of halogens is 1. The van der Waals surface area contributed by atoms with Gasteiger partial charge in [0, 0.05) is 6.42 Å². The Morgan fingerprint density at radius 1 is 1.33 bits per heavy atom. The van der Waals surface area contributed by atoms with Crippen molar-refractivity contribution in [2.24, 2.45) is 17.6 Å². The molecule has 3 heteroatoms. The minimum absolute atomic E-state index is 0. The minimum atomic E-state index is -0.135. The first-order valence-electron chi connectivity index (χ1n) is 4.46. The molecule has 0 saturated heterocycles. The summed E-state index contributed by atoms with van der Waals surface area (Å²) in [6.45, 7) is 2.28. The van der Waals surface area contributed by atoms with Crippen LogP contribution in [0.3, 0.4) is 0 Å². The van der Waals surface area contributed by atoms with E-state index in [1.54, 1.807) is 0 Å². The zero-order valence-corrected chi connectivity index (χ0v) is 8.40. The van der Waals surface area contributed by atoms with Crippen LogP contribution in [0.15, 0.2) is 0 Å². The molecule has 0 aliphatic heterocycles. The first-order valence-corrected chi connectivity index (χ1v) is 4.46. The Hall–Kier alpha value is -0.240. The number of amides is 1. The minimum Gasteiger partial charge on any atom is -0.370 e. The normalized spacial score (nSPS) is 29.1. The van der Waals surface area contributed by atoms with Crippen molar-refractivity contribution in [1.29, 1.82) is 0 Å². The summed E-state index contributed by atoms with van der Waals surface area (Å²) in [5, 5.41) is 0. The van der Waals surface area contributed by atoms with E-state index in [1.807, 2.05) is 0 Å². The lowest BCUT2D eigenvalue weighted by molar-refractivity contribution is -0.119. The fourth-order valence-corrected chi connectivity index (χ4v) is 1.82. The second-order valence-corrected chi connectivity index (χ2v) is 3.80. The average Bonchev–Trinajstić information content (AvgIpc) is 1.93. The molecule has 12 heavy (non-hydrogen) atoms. The molecule has 0 unspecified atom stereocenters. The van der Waals surface area contributed by atoms with Gasteiger partial charge in [-0.3, -0.25) is 4.79 Å². The molecule has 0 bridgehead atoms. The van der Waals surface area contributed by atoms with Gasteiger partial charge in [-0.05, 0) is 24.7 Å². The fraction of sp³-hybridized carbons (Fsp3) is 0.889. The van der Waals surface area contributed by atoms with Gasteiger partial charge in [-0.1, -0.05) is 19.8 Å². The Kier molecular flexibility index (Phi) is 5.31. The Morgan fingerprint density at radius 2 is 1.83 bits per heavy atom. The molecular formula is C9H18ClNO. The quantitative estimate of drug-likeness (QED) is 0.714. The van der Waals surface area contributed by atoms with Gasteiger partial charge in [-0.15, -0.1) is 12.4 Å². The average molecular weight is 192 g/mol. The smallest absolute Gasteiger partial charge is 0.217 e. The highest BCUT2D eigenvalue weighted by molar-refractivity contribution is 5.85. The molecule has 1 saturated carbocycles. The SMILES string of the molecule is C[C@H]1CC[C@H](CC(N)=O)CC1.Cl. The van der Waals surface area contributed by atoms with E-state index in [0.717, 1.165) is 5.92 Å². The van der Waals surface area contributed by atoms with Crippen LogP contribution in [-0.2, 0) is 4.79 Å². The van der Waals surface area contributed by atoms with E-state index < -0.39 is 0 Å². The molecule has 0 radical (unpaired) electrons. The number of carbonyl (C=O) groups excluding carboxylic acids is 1. The van der Waals surface area contributed by atoms with Crippen LogP contribution in [0.25, 0.3) is 0 Å². The highest BCUT2D eigenvalue weighted by Gasteiger charge is 2.19. The van der Waals surface area contributed by atoms with E-state index in [-0.39, 0.29) is 18.3 Å². The summed E-state index contributed by atoms with van der Waals surface area (Å²) in [7, 11) is 0. The lowest BCUT2D eigenvalue weighted by Gasteiger charge is -2.24. The third-order valence-electron chi connectivity index (χ3n) is 2.63. The molecule has 0 aromatic rings. The fourth-order valence-electron chi connectivity index (χ4n) is 1.82. The Labute approximate surface area is 80.3 Å². The van der Waals surface area contributed by atoms with Gasteiger partial charge in [0.1, 0.15) is 0 Å². The number of hydrogen-bond acceptors (Lipinski definition) is 1. The molecule has 1 aliphatic carbocycles. The monoisotopic (exact) mass is 191 g/mol. The molecule has 1 aliphatic rings. The summed E-state index contributed by atoms with van der Waals surface area (Å²) < 4.78 is 0. The van der Waals surface area contributed by atoms with Gasteiger partial charge >= 0.3 is 0 Å². The van der Waals surface area contributed by atoms with Gasteiger partial charge in [-0.2, -0.15) is 0 Å². The van der Waals surface area contributed by atoms with Gasteiger partial charge in [0.05, 0.1) is 0 Å². The third-order valence-corrected chi connectivity index (χ3v) is 2.63. The van der Waals surface area contributed by atoms with E-state index in [1.165, 1.54) is 25.7 Å². The van der Waals surface area contributed by atoms with Gasteiger partial charge in [0.2, 0.25) is 5.91 Å². The summed E-state index contributed by atoms with van der Waals surface area (Å²) in [5.74, 6) is 1.31. The number of hydrogen-bond donors (Lipinski definition) is 1. The summed E-state index contributed by atoms with van der Waals surface area (Å²) in [6.07, 6.45) is 5.55. The maximum atomic E-state index is 10.6. The molecule has 2 N–H and O–H groups in total. The highest BCUT2D eigenvalue weighted by Crippen LogP contribution is 2.29. The van der Waals surface area contributed by atoms with E-state index in [4.69, 9.17) is 5.73 Å². The van der Waals surface area contributed by atoms with Crippen LogP contribution in [0, 0.1) is 11.8 Å². The second kappa shape index (κ2) is 5.41. The Morgan fingerprint density at radius 3 is 2.25 bits per heavy atom. The Balaban J connectivity index is 0.00000121. The van der Waals surface area contributed by atoms with Crippen molar-refractivity contribution in [2.75, 3.05) is 0 Å². The van der Waals surface area contributed by atoms with Crippen LogP contribution >= 0.6 is 12.4 Å². The first kappa shape index (κ1) is 11.8. The van der Waals surface area contributed by atoms with E-state index in [9.17, 15) is 4.79 Å². The van der Waals surface area contributed by atoms with Crippen molar-refractivity contribution in [3.8, 4) is 0 Å². The van der Waals surface area contributed by atoms with Crippen molar-refractivity contribution >= 4 is 18.3 Å². The van der Waals surface area contributed by atoms with Crippen molar-refractivity contribution in [2.45, 2.75) is 39.0 Å². The molecule has 72 valence electrons. The number of rotatable bonds is 2. The van der Waals surface area contributed by atoms with Crippen LogP contribution in [0.2, 0.25) is 0 Å². The lowest BCUT2D eigenvalue weighted by Crippen LogP contribution is -2.20. The third kappa shape index (κ3) is 3.96. The predicted molar refractivity (Wildman–Crippen MR) is 52.2 cm³/mol. The van der Waals surface area contributed by atoms with Crippen molar-refractivity contribution in [3.05, 3.63) is 0 Å².